The first kappa shape index (κ1) is 26.0. The van der Waals surface area contributed by atoms with Crippen molar-refractivity contribution < 1.29 is 36.6 Å². The van der Waals surface area contributed by atoms with Gasteiger partial charge in [-0.3, -0.25) is 9.36 Å². The Morgan fingerprint density at radius 2 is 1.80 bits per heavy atom. The van der Waals surface area contributed by atoms with Crippen molar-refractivity contribution in [3.05, 3.63) is 72.9 Å². The second-order valence-corrected chi connectivity index (χ2v) is 7.48. The standard InChI is InChI=1S/C20H13Cl2F4N3O6/c1-28-14(20(24,25)26)7-16(30)29(19(28)32)11-6-13(9(21)5-10(11)23)35-12-3-4-15(22)27-18(12)34-8-17(31)33-2/h3-7H,8H2,1-2H3. The van der Waals surface area contributed by atoms with E-state index in [-0.39, 0.29) is 42.8 Å². The Labute approximate surface area is 203 Å². The molecule has 15 heteroatoms. The molecular formula is C20H13Cl2F4N3O6. The highest BCUT2D eigenvalue weighted by atomic mass is 35.5. The van der Waals surface area contributed by atoms with E-state index in [9.17, 15) is 31.9 Å². The number of esters is 1. The molecule has 2 aromatic heterocycles. The molecule has 0 spiro atoms. The second-order valence-electron chi connectivity index (χ2n) is 6.68. The maximum Gasteiger partial charge on any atom is 0.431 e. The Kier molecular flexibility index (Phi) is 7.41. The normalized spacial score (nSPS) is 11.3. The largest absolute Gasteiger partial charge is 0.466 e. The molecule has 0 amide bonds. The van der Waals surface area contributed by atoms with E-state index < -0.39 is 47.2 Å². The molecule has 3 rings (SSSR count). The van der Waals surface area contributed by atoms with Crippen LogP contribution in [-0.4, -0.2) is 33.8 Å². The Hall–Kier alpha value is -3.58. The van der Waals surface area contributed by atoms with Crippen molar-refractivity contribution in [1.29, 1.82) is 0 Å². The van der Waals surface area contributed by atoms with Crippen LogP contribution in [0.15, 0.2) is 39.9 Å². The average Bonchev–Trinajstić information content (AvgIpc) is 2.77. The number of ether oxygens (including phenoxy) is 3. The van der Waals surface area contributed by atoms with Gasteiger partial charge in [0.05, 0.1) is 17.8 Å². The third kappa shape index (κ3) is 5.57. The number of nitrogens with zero attached hydrogens (tertiary/aromatic N) is 3. The fourth-order valence-corrected chi connectivity index (χ4v) is 3.11. The van der Waals surface area contributed by atoms with E-state index in [4.69, 9.17) is 32.7 Å². The van der Waals surface area contributed by atoms with Crippen LogP contribution in [0.2, 0.25) is 10.2 Å². The van der Waals surface area contributed by atoms with Crippen LogP contribution in [0.4, 0.5) is 17.6 Å². The minimum absolute atomic E-state index is 0.0390. The summed E-state index contributed by atoms with van der Waals surface area (Å²) in [6, 6.07) is 4.22. The molecule has 186 valence electrons. The van der Waals surface area contributed by atoms with Gasteiger partial charge < -0.3 is 14.2 Å². The van der Waals surface area contributed by atoms with Gasteiger partial charge in [-0.05, 0) is 18.2 Å². The molecule has 3 aromatic rings. The summed E-state index contributed by atoms with van der Waals surface area (Å²) in [5.41, 5.74) is -5.16. The highest BCUT2D eigenvalue weighted by Gasteiger charge is 2.35. The van der Waals surface area contributed by atoms with Crippen molar-refractivity contribution in [2.24, 2.45) is 7.05 Å². The molecule has 0 aliphatic carbocycles. The van der Waals surface area contributed by atoms with Crippen molar-refractivity contribution >= 4 is 29.2 Å². The Bertz CT molecular complexity index is 1420. The lowest BCUT2D eigenvalue weighted by Crippen LogP contribution is -2.41. The van der Waals surface area contributed by atoms with Crippen LogP contribution in [0, 0.1) is 5.82 Å². The fourth-order valence-electron chi connectivity index (χ4n) is 2.78. The number of methoxy groups -OCH3 is 1. The maximum absolute atomic E-state index is 14.7. The molecule has 0 unspecified atom stereocenters. The van der Waals surface area contributed by atoms with E-state index >= 15 is 0 Å². The number of hydrogen-bond acceptors (Lipinski definition) is 7. The van der Waals surface area contributed by atoms with Crippen LogP contribution in [0.5, 0.6) is 17.4 Å². The van der Waals surface area contributed by atoms with Crippen molar-refractivity contribution in [1.82, 2.24) is 14.1 Å². The van der Waals surface area contributed by atoms with E-state index in [0.717, 1.165) is 20.2 Å². The Balaban J connectivity index is 2.10. The zero-order valence-electron chi connectivity index (χ0n) is 17.7. The molecule has 0 aliphatic rings. The number of rotatable bonds is 6. The van der Waals surface area contributed by atoms with Crippen LogP contribution in [0.1, 0.15) is 5.69 Å². The van der Waals surface area contributed by atoms with Gasteiger partial charge in [0, 0.05) is 19.2 Å². The predicted molar refractivity (Wildman–Crippen MR) is 114 cm³/mol. The molecule has 0 radical (unpaired) electrons. The monoisotopic (exact) mass is 537 g/mol. The summed E-state index contributed by atoms with van der Waals surface area (Å²) in [6.45, 7) is -0.570. The molecule has 35 heavy (non-hydrogen) atoms. The van der Waals surface area contributed by atoms with Crippen molar-refractivity contribution in [3.63, 3.8) is 0 Å². The van der Waals surface area contributed by atoms with Crippen molar-refractivity contribution in [2.45, 2.75) is 6.18 Å². The number of benzene rings is 1. The second kappa shape index (κ2) is 9.96. The van der Waals surface area contributed by atoms with E-state index in [1.165, 1.54) is 12.1 Å². The molecule has 0 saturated heterocycles. The number of carbonyl (C=O) groups is 1. The lowest BCUT2D eigenvalue weighted by molar-refractivity contribution is -0.144. The summed E-state index contributed by atoms with van der Waals surface area (Å²) in [6.07, 6.45) is -5.00. The van der Waals surface area contributed by atoms with Gasteiger partial charge in [0.25, 0.3) is 11.4 Å². The molecule has 0 bridgehead atoms. The van der Waals surface area contributed by atoms with Gasteiger partial charge in [0.1, 0.15) is 22.4 Å². The first-order chi connectivity index (χ1) is 16.3. The summed E-state index contributed by atoms with van der Waals surface area (Å²) < 4.78 is 69.6. The lowest BCUT2D eigenvalue weighted by Gasteiger charge is -2.16. The first-order valence-electron chi connectivity index (χ1n) is 9.27. The number of pyridine rings is 1. The topological polar surface area (TPSA) is 102 Å². The predicted octanol–water partition coefficient (Wildman–Crippen LogP) is 3.74. The van der Waals surface area contributed by atoms with E-state index in [1.54, 1.807) is 0 Å². The highest BCUT2D eigenvalue weighted by Crippen LogP contribution is 2.37. The third-order valence-corrected chi connectivity index (χ3v) is 4.92. The molecule has 0 N–H and O–H groups in total. The van der Waals surface area contributed by atoms with Crippen LogP contribution in [0.3, 0.4) is 0 Å². The SMILES string of the molecule is COC(=O)COc1nc(Cl)ccc1Oc1cc(-n2c(=O)cc(C(F)(F)F)n(C)c2=O)c(F)cc1Cl. The van der Waals surface area contributed by atoms with E-state index in [2.05, 4.69) is 9.72 Å². The summed E-state index contributed by atoms with van der Waals surface area (Å²) in [5, 5.41) is -0.375. The summed E-state index contributed by atoms with van der Waals surface area (Å²) >= 11 is 11.8. The number of carbonyl (C=O) groups excluding carboxylic acids is 1. The summed E-state index contributed by atoms with van der Waals surface area (Å²) in [5.74, 6) is -2.73. The van der Waals surface area contributed by atoms with Crippen LogP contribution < -0.4 is 20.7 Å². The molecule has 0 atom stereocenters. The van der Waals surface area contributed by atoms with Crippen LogP contribution >= 0.6 is 23.2 Å². The van der Waals surface area contributed by atoms with Crippen molar-refractivity contribution in [2.75, 3.05) is 13.7 Å². The number of halogens is 6. The van der Waals surface area contributed by atoms with Gasteiger partial charge in [-0.2, -0.15) is 18.2 Å². The Morgan fingerprint density at radius 1 is 1.11 bits per heavy atom. The first-order valence-corrected chi connectivity index (χ1v) is 10.0. The summed E-state index contributed by atoms with van der Waals surface area (Å²) in [4.78, 5) is 40.1. The quantitative estimate of drug-likeness (QED) is 0.268. The highest BCUT2D eigenvalue weighted by molar-refractivity contribution is 6.32. The van der Waals surface area contributed by atoms with Crippen LogP contribution in [-0.2, 0) is 22.8 Å². The Morgan fingerprint density at radius 3 is 2.43 bits per heavy atom. The van der Waals surface area contributed by atoms with Crippen molar-refractivity contribution in [3.8, 4) is 23.1 Å². The maximum atomic E-state index is 14.7. The fraction of sp³-hybridized carbons (Fsp3) is 0.200. The minimum Gasteiger partial charge on any atom is -0.466 e. The summed E-state index contributed by atoms with van der Waals surface area (Å²) in [7, 11) is 1.90. The van der Waals surface area contributed by atoms with Gasteiger partial charge in [0.15, 0.2) is 12.4 Å². The van der Waals surface area contributed by atoms with E-state index in [1.807, 2.05) is 0 Å². The molecule has 0 aliphatic heterocycles. The van der Waals surface area contributed by atoms with Gasteiger partial charge >= 0.3 is 17.8 Å². The van der Waals surface area contributed by atoms with Gasteiger partial charge in [0.2, 0.25) is 0 Å². The zero-order chi connectivity index (χ0) is 26.1. The molecule has 9 nitrogen and oxygen atoms in total. The van der Waals surface area contributed by atoms with Gasteiger partial charge in [-0.25, -0.2) is 18.5 Å². The zero-order valence-corrected chi connectivity index (χ0v) is 19.2. The molecule has 2 heterocycles. The number of aromatic nitrogens is 3. The van der Waals surface area contributed by atoms with Gasteiger partial charge in [-0.1, -0.05) is 23.2 Å². The third-order valence-electron chi connectivity index (χ3n) is 4.42. The average molecular weight is 538 g/mol. The number of hydrogen-bond donors (Lipinski definition) is 0. The molecule has 0 fully saturated rings. The molecule has 0 saturated carbocycles. The number of alkyl halides is 3. The lowest BCUT2D eigenvalue weighted by atomic mass is 10.2. The molecule has 1 aromatic carbocycles. The van der Waals surface area contributed by atoms with Gasteiger partial charge in [-0.15, -0.1) is 0 Å². The minimum atomic E-state index is -5.00. The van der Waals surface area contributed by atoms with E-state index in [0.29, 0.717) is 6.07 Å². The smallest absolute Gasteiger partial charge is 0.431 e. The van der Waals surface area contributed by atoms with Crippen LogP contribution in [0.25, 0.3) is 5.69 Å². The molecular weight excluding hydrogens is 525 g/mol.